The van der Waals surface area contributed by atoms with Gasteiger partial charge < -0.3 is 4.90 Å². The molecule has 39 heavy (non-hydrogen) atoms. The summed E-state index contributed by atoms with van der Waals surface area (Å²) in [7, 11) is 0. The molecule has 1 heterocycles. The second-order valence-corrected chi connectivity index (χ2v) is 11.1. The number of halogens is 2. The minimum Gasteiger partial charge on any atom is -0.333 e. The van der Waals surface area contributed by atoms with E-state index >= 15 is 0 Å². The van der Waals surface area contributed by atoms with Crippen LogP contribution in [-0.2, 0) is 30.6 Å². The predicted molar refractivity (Wildman–Crippen MR) is 159 cm³/mol. The smallest absolute Gasteiger partial charge is 0.237 e. The SMILES string of the molecule is C.O=C(CN1CCc2ccccc2[C@H]1c1ccccc1Br)N(Cc1ccccc1F)C1Cc2ccccc2C1. The van der Waals surface area contributed by atoms with Crippen molar-refractivity contribution in [3.8, 4) is 0 Å². The number of benzene rings is 4. The first kappa shape index (κ1) is 27.3. The highest BCUT2D eigenvalue weighted by Crippen LogP contribution is 2.38. The average Bonchev–Trinajstić information content (AvgIpc) is 3.37. The Balaban J connectivity index is 0.00000308. The maximum Gasteiger partial charge on any atom is 0.237 e. The fourth-order valence-electron chi connectivity index (χ4n) is 6.10. The lowest BCUT2D eigenvalue weighted by Crippen LogP contribution is -2.48. The molecule has 0 saturated carbocycles. The van der Waals surface area contributed by atoms with Gasteiger partial charge in [-0.3, -0.25) is 9.69 Å². The molecule has 1 aliphatic heterocycles. The quantitative estimate of drug-likeness (QED) is 0.236. The first-order valence-corrected chi connectivity index (χ1v) is 14.0. The van der Waals surface area contributed by atoms with E-state index in [9.17, 15) is 9.18 Å². The fraction of sp³-hybridized carbons (Fsp3) is 0.265. The van der Waals surface area contributed by atoms with Crippen molar-refractivity contribution in [3.63, 3.8) is 0 Å². The topological polar surface area (TPSA) is 23.6 Å². The monoisotopic (exact) mass is 584 g/mol. The Hall–Kier alpha value is -3.28. The third-order valence-corrected chi connectivity index (χ3v) is 8.73. The van der Waals surface area contributed by atoms with Gasteiger partial charge in [0, 0.05) is 29.2 Å². The molecule has 0 saturated heterocycles. The van der Waals surface area contributed by atoms with E-state index in [0.29, 0.717) is 5.56 Å². The second-order valence-electron chi connectivity index (χ2n) is 10.3. The van der Waals surface area contributed by atoms with E-state index in [1.807, 2.05) is 17.0 Å². The van der Waals surface area contributed by atoms with Crippen LogP contribution < -0.4 is 0 Å². The number of rotatable bonds is 6. The number of hydrogen-bond acceptors (Lipinski definition) is 2. The molecule has 0 radical (unpaired) electrons. The molecule has 200 valence electrons. The summed E-state index contributed by atoms with van der Waals surface area (Å²) in [6.07, 6.45) is 2.49. The van der Waals surface area contributed by atoms with E-state index in [-0.39, 0.29) is 44.3 Å². The van der Waals surface area contributed by atoms with Crippen LogP contribution in [0.5, 0.6) is 0 Å². The van der Waals surface area contributed by atoms with Gasteiger partial charge >= 0.3 is 0 Å². The van der Waals surface area contributed by atoms with Crippen LogP contribution >= 0.6 is 15.9 Å². The maximum absolute atomic E-state index is 14.8. The van der Waals surface area contributed by atoms with E-state index in [2.05, 4.69) is 87.6 Å². The molecule has 0 bridgehead atoms. The maximum atomic E-state index is 14.8. The molecule has 0 unspecified atom stereocenters. The molecule has 3 nitrogen and oxygen atoms in total. The van der Waals surface area contributed by atoms with Gasteiger partial charge in [0.05, 0.1) is 12.6 Å². The van der Waals surface area contributed by atoms with Crippen LogP contribution in [0.15, 0.2) is 102 Å². The molecule has 0 N–H and O–H groups in total. The molecule has 5 heteroatoms. The normalized spacial score (nSPS) is 16.7. The van der Waals surface area contributed by atoms with Gasteiger partial charge in [-0.1, -0.05) is 108 Å². The van der Waals surface area contributed by atoms with Crippen LogP contribution in [0.1, 0.15) is 46.8 Å². The van der Waals surface area contributed by atoms with Crippen LogP contribution in [0.2, 0.25) is 0 Å². The molecular weight excluding hydrogens is 551 g/mol. The predicted octanol–water partition coefficient (Wildman–Crippen LogP) is 7.37. The summed E-state index contributed by atoms with van der Waals surface area (Å²) in [6.45, 7) is 1.34. The highest BCUT2D eigenvalue weighted by atomic mass is 79.9. The molecule has 4 aromatic rings. The molecule has 0 fully saturated rings. The van der Waals surface area contributed by atoms with Crippen LogP contribution in [0.4, 0.5) is 4.39 Å². The van der Waals surface area contributed by atoms with Gasteiger partial charge in [0.1, 0.15) is 5.82 Å². The highest BCUT2D eigenvalue weighted by molar-refractivity contribution is 9.10. The minimum absolute atomic E-state index is 0. The summed E-state index contributed by atoms with van der Waals surface area (Å²) in [5.41, 5.74) is 6.84. The standard InChI is InChI=1S/C33H30BrFN2O.CH4/c34-30-15-7-6-14-29(30)33-28-13-5-3-9-23(28)17-18-36(33)22-32(38)37(21-26-12-4-8-16-31(26)35)27-19-24-10-1-2-11-25(24)20-27;/h1-16,27,33H,17-22H2;1H4/t33-;/m0./s1. The van der Waals surface area contributed by atoms with Gasteiger partial charge in [-0.2, -0.15) is 0 Å². The molecule has 0 aromatic heterocycles. The average molecular weight is 586 g/mol. The number of carbonyl (C=O) groups excluding carboxylic acids is 1. The van der Waals surface area contributed by atoms with E-state index in [1.54, 1.807) is 12.1 Å². The Morgan fingerprint density at radius 1 is 0.821 bits per heavy atom. The lowest BCUT2D eigenvalue weighted by Gasteiger charge is -2.39. The molecule has 1 amide bonds. The van der Waals surface area contributed by atoms with Gasteiger partial charge in [-0.25, -0.2) is 4.39 Å². The molecular formula is C34H34BrFN2O. The fourth-order valence-corrected chi connectivity index (χ4v) is 6.60. The van der Waals surface area contributed by atoms with Crippen molar-refractivity contribution in [2.45, 2.75) is 45.3 Å². The van der Waals surface area contributed by atoms with Gasteiger partial charge in [0.2, 0.25) is 5.91 Å². The third-order valence-electron chi connectivity index (χ3n) is 8.01. The van der Waals surface area contributed by atoms with E-state index in [4.69, 9.17) is 0 Å². The number of nitrogens with zero attached hydrogens (tertiary/aromatic N) is 2. The van der Waals surface area contributed by atoms with Crippen LogP contribution in [0.25, 0.3) is 0 Å². The molecule has 4 aromatic carbocycles. The number of fused-ring (bicyclic) bond motifs is 2. The van der Waals surface area contributed by atoms with Gasteiger partial charge in [-0.05, 0) is 59.2 Å². The van der Waals surface area contributed by atoms with Gasteiger partial charge in [0.15, 0.2) is 0 Å². The lowest BCUT2D eigenvalue weighted by molar-refractivity contribution is -0.136. The van der Waals surface area contributed by atoms with E-state index in [0.717, 1.165) is 35.8 Å². The van der Waals surface area contributed by atoms with Crippen LogP contribution in [0, 0.1) is 5.82 Å². The van der Waals surface area contributed by atoms with Crippen molar-refractivity contribution >= 4 is 21.8 Å². The summed E-state index contributed by atoms with van der Waals surface area (Å²) < 4.78 is 15.8. The molecule has 1 aliphatic carbocycles. The number of amides is 1. The van der Waals surface area contributed by atoms with Crippen molar-refractivity contribution < 1.29 is 9.18 Å². The van der Waals surface area contributed by atoms with Crippen molar-refractivity contribution in [1.82, 2.24) is 9.80 Å². The second kappa shape index (κ2) is 11.8. The lowest BCUT2D eigenvalue weighted by atomic mass is 9.88. The number of hydrogen-bond donors (Lipinski definition) is 0. The number of carbonyl (C=O) groups is 1. The Kier molecular flexibility index (Phi) is 8.29. The van der Waals surface area contributed by atoms with Gasteiger partial charge in [0.25, 0.3) is 0 Å². The summed E-state index contributed by atoms with van der Waals surface area (Å²) in [4.78, 5) is 18.4. The summed E-state index contributed by atoms with van der Waals surface area (Å²) in [5.74, 6) is -0.221. The van der Waals surface area contributed by atoms with Crippen LogP contribution in [0.3, 0.4) is 0 Å². The van der Waals surface area contributed by atoms with Crippen LogP contribution in [-0.4, -0.2) is 34.8 Å². The molecule has 0 spiro atoms. The third kappa shape index (κ3) is 5.57. The Morgan fingerprint density at radius 2 is 1.41 bits per heavy atom. The van der Waals surface area contributed by atoms with Crippen molar-refractivity contribution in [1.29, 1.82) is 0 Å². The Labute approximate surface area is 239 Å². The molecule has 6 rings (SSSR count). The van der Waals surface area contributed by atoms with Crippen molar-refractivity contribution in [2.75, 3.05) is 13.1 Å². The molecule has 1 atom stereocenters. The Morgan fingerprint density at radius 3 is 2.10 bits per heavy atom. The summed E-state index contributed by atoms with van der Waals surface area (Å²) >= 11 is 3.77. The zero-order valence-corrected chi connectivity index (χ0v) is 22.8. The summed E-state index contributed by atoms with van der Waals surface area (Å²) in [5, 5.41) is 0. The van der Waals surface area contributed by atoms with Gasteiger partial charge in [-0.15, -0.1) is 0 Å². The van der Waals surface area contributed by atoms with E-state index < -0.39 is 0 Å². The largest absolute Gasteiger partial charge is 0.333 e. The summed E-state index contributed by atoms with van der Waals surface area (Å²) in [6, 6.07) is 32.0. The zero-order chi connectivity index (χ0) is 26.1. The van der Waals surface area contributed by atoms with E-state index in [1.165, 1.54) is 28.3 Å². The molecule has 2 aliphatic rings. The highest BCUT2D eigenvalue weighted by Gasteiger charge is 2.35. The Bertz CT molecular complexity index is 1450. The zero-order valence-electron chi connectivity index (χ0n) is 21.2. The van der Waals surface area contributed by atoms with Crippen molar-refractivity contribution in [2.24, 2.45) is 0 Å². The first-order chi connectivity index (χ1) is 18.6. The first-order valence-electron chi connectivity index (χ1n) is 13.2. The minimum atomic E-state index is -0.265. The van der Waals surface area contributed by atoms with Crippen molar-refractivity contribution in [3.05, 3.63) is 141 Å².